The maximum absolute atomic E-state index is 12.2. The molecule has 4 heteroatoms. The molecule has 110 valence electrons. The summed E-state index contributed by atoms with van der Waals surface area (Å²) in [7, 11) is 0. The largest absolute Gasteiger partial charge is 0.283 e. The van der Waals surface area contributed by atoms with E-state index < -0.39 is 0 Å². The summed E-state index contributed by atoms with van der Waals surface area (Å²) >= 11 is 1.59. The van der Waals surface area contributed by atoms with Gasteiger partial charge in [0, 0.05) is 18.0 Å². The van der Waals surface area contributed by atoms with Crippen molar-refractivity contribution in [3.8, 4) is 0 Å². The van der Waals surface area contributed by atoms with Crippen LogP contribution in [0.1, 0.15) is 11.1 Å². The molecule has 0 bridgehead atoms. The predicted octanol–water partition coefficient (Wildman–Crippen LogP) is 3.58. The number of nitrogens with zero attached hydrogens (tertiary/aromatic N) is 2. The Morgan fingerprint density at radius 3 is 2.18 bits per heavy atom. The number of aromatic nitrogens is 2. The quantitative estimate of drug-likeness (QED) is 0.534. The van der Waals surface area contributed by atoms with E-state index in [4.69, 9.17) is 0 Å². The second-order valence-corrected chi connectivity index (χ2v) is 5.85. The summed E-state index contributed by atoms with van der Waals surface area (Å²) in [5.74, 6) is 0.798. The lowest BCUT2D eigenvalue weighted by Crippen LogP contribution is -2.22. The molecule has 22 heavy (non-hydrogen) atoms. The number of benzene rings is 2. The van der Waals surface area contributed by atoms with Gasteiger partial charge in [-0.2, -0.15) is 0 Å². The Balaban J connectivity index is 1.82. The van der Waals surface area contributed by atoms with Gasteiger partial charge in [0.1, 0.15) is 0 Å². The number of rotatable bonds is 5. The van der Waals surface area contributed by atoms with Crippen LogP contribution in [-0.4, -0.2) is 9.55 Å². The molecule has 0 N–H and O–H groups in total. The van der Waals surface area contributed by atoms with Crippen LogP contribution in [0.4, 0.5) is 0 Å². The van der Waals surface area contributed by atoms with Crippen LogP contribution < -0.4 is 5.56 Å². The fraction of sp³-hybridized carbons (Fsp3) is 0.111. The first-order valence-electron chi connectivity index (χ1n) is 7.09. The molecule has 3 nitrogen and oxygen atoms in total. The second-order valence-electron chi connectivity index (χ2n) is 4.91. The highest BCUT2D eigenvalue weighted by atomic mass is 32.2. The first kappa shape index (κ1) is 14.6. The smallest absolute Gasteiger partial charge is 0.254 e. The molecule has 3 aromatic rings. The van der Waals surface area contributed by atoms with Crippen molar-refractivity contribution in [1.29, 1.82) is 0 Å². The van der Waals surface area contributed by atoms with Crippen molar-refractivity contribution in [3.63, 3.8) is 0 Å². The SMILES string of the molecule is O=c1ccnc(SCc2ccccc2)n1Cc1ccccc1. The Kier molecular flexibility index (Phi) is 4.71. The first-order chi connectivity index (χ1) is 10.8. The van der Waals surface area contributed by atoms with E-state index in [-0.39, 0.29) is 5.56 Å². The van der Waals surface area contributed by atoms with Gasteiger partial charge in [-0.15, -0.1) is 0 Å². The van der Waals surface area contributed by atoms with E-state index >= 15 is 0 Å². The van der Waals surface area contributed by atoms with E-state index in [1.165, 1.54) is 11.6 Å². The summed E-state index contributed by atoms with van der Waals surface area (Å²) in [5, 5.41) is 0.750. The van der Waals surface area contributed by atoms with Crippen LogP contribution >= 0.6 is 11.8 Å². The van der Waals surface area contributed by atoms with E-state index in [0.717, 1.165) is 16.5 Å². The van der Waals surface area contributed by atoms with Gasteiger partial charge in [-0.1, -0.05) is 72.4 Å². The van der Waals surface area contributed by atoms with Crippen LogP contribution in [0.2, 0.25) is 0 Å². The van der Waals surface area contributed by atoms with Crippen molar-refractivity contribution in [2.45, 2.75) is 17.5 Å². The molecule has 3 rings (SSSR count). The highest BCUT2D eigenvalue weighted by Gasteiger charge is 2.07. The van der Waals surface area contributed by atoms with Crippen molar-refractivity contribution in [3.05, 3.63) is 94.4 Å². The van der Waals surface area contributed by atoms with Gasteiger partial charge in [0.25, 0.3) is 5.56 Å². The summed E-state index contributed by atoms with van der Waals surface area (Å²) in [6.07, 6.45) is 1.58. The zero-order valence-corrected chi connectivity index (χ0v) is 12.9. The zero-order chi connectivity index (χ0) is 15.2. The highest BCUT2D eigenvalue weighted by Crippen LogP contribution is 2.20. The Hall–Kier alpha value is -2.33. The Morgan fingerprint density at radius 1 is 0.864 bits per heavy atom. The van der Waals surface area contributed by atoms with Crippen molar-refractivity contribution in [2.75, 3.05) is 0 Å². The van der Waals surface area contributed by atoms with Gasteiger partial charge in [-0.05, 0) is 11.1 Å². The Bertz CT molecular complexity index is 785. The topological polar surface area (TPSA) is 34.9 Å². The van der Waals surface area contributed by atoms with Gasteiger partial charge in [0.05, 0.1) is 6.54 Å². The van der Waals surface area contributed by atoms with Crippen LogP contribution in [0, 0.1) is 0 Å². The third-order valence-corrected chi connectivity index (χ3v) is 4.35. The highest BCUT2D eigenvalue weighted by molar-refractivity contribution is 7.98. The summed E-state index contributed by atoms with van der Waals surface area (Å²) in [5.41, 5.74) is 2.30. The average Bonchev–Trinajstić information content (AvgIpc) is 2.57. The normalized spacial score (nSPS) is 10.5. The molecule has 0 aliphatic heterocycles. The van der Waals surface area contributed by atoms with Crippen LogP contribution in [-0.2, 0) is 12.3 Å². The van der Waals surface area contributed by atoms with Crippen LogP contribution in [0.5, 0.6) is 0 Å². The molecule has 1 aromatic heterocycles. The average molecular weight is 308 g/mol. The maximum atomic E-state index is 12.2. The molecule has 0 aliphatic carbocycles. The monoisotopic (exact) mass is 308 g/mol. The lowest BCUT2D eigenvalue weighted by Gasteiger charge is -2.11. The zero-order valence-electron chi connectivity index (χ0n) is 12.1. The summed E-state index contributed by atoms with van der Waals surface area (Å²) in [4.78, 5) is 16.5. The van der Waals surface area contributed by atoms with E-state index in [9.17, 15) is 4.79 Å². The number of hydrogen-bond acceptors (Lipinski definition) is 3. The Morgan fingerprint density at radius 2 is 1.50 bits per heavy atom. The number of thioether (sulfide) groups is 1. The molecule has 0 unspecified atom stereocenters. The fourth-order valence-electron chi connectivity index (χ4n) is 2.17. The fourth-order valence-corrected chi connectivity index (χ4v) is 3.10. The van der Waals surface area contributed by atoms with Gasteiger partial charge < -0.3 is 0 Å². The molecule has 0 radical (unpaired) electrons. The molecule has 2 aromatic carbocycles. The molecule has 0 amide bonds. The maximum Gasteiger partial charge on any atom is 0.254 e. The van der Waals surface area contributed by atoms with Crippen molar-refractivity contribution >= 4 is 11.8 Å². The van der Waals surface area contributed by atoms with Gasteiger partial charge in [-0.25, -0.2) is 4.98 Å². The van der Waals surface area contributed by atoms with E-state index in [0.29, 0.717) is 6.54 Å². The lowest BCUT2D eigenvalue weighted by molar-refractivity contribution is 0.645. The van der Waals surface area contributed by atoms with Gasteiger partial charge in [0.2, 0.25) is 0 Å². The lowest BCUT2D eigenvalue weighted by atomic mass is 10.2. The van der Waals surface area contributed by atoms with Gasteiger partial charge in [0.15, 0.2) is 5.16 Å². The minimum Gasteiger partial charge on any atom is -0.283 e. The van der Waals surface area contributed by atoms with Crippen molar-refractivity contribution in [1.82, 2.24) is 9.55 Å². The first-order valence-corrected chi connectivity index (χ1v) is 8.08. The minimum absolute atomic E-state index is 0.0191. The van der Waals surface area contributed by atoms with E-state index in [2.05, 4.69) is 17.1 Å². The van der Waals surface area contributed by atoms with Crippen molar-refractivity contribution in [2.24, 2.45) is 0 Å². The second kappa shape index (κ2) is 7.09. The molecule has 0 atom stereocenters. The van der Waals surface area contributed by atoms with Gasteiger partial charge in [-0.3, -0.25) is 9.36 Å². The van der Waals surface area contributed by atoms with Crippen LogP contribution in [0.15, 0.2) is 82.9 Å². The van der Waals surface area contributed by atoms with Gasteiger partial charge >= 0.3 is 0 Å². The minimum atomic E-state index is -0.0191. The molecule has 0 spiro atoms. The van der Waals surface area contributed by atoms with Crippen LogP contribution in [0.3, 0.4) is 0 Å². The number of hydrogen-bond donors (Lipinski definition) is 0. The van der Waals surface area contributed by atoms with Crippen molar-refractivity contribution < 1.29 is 0 Å². The molecule has 0 saturated heterocycles. The Labute approximate surface area is 133 Å². The van der Waals surface area contributed by atoms with E-state index in [1.807, 2.05) is 48.5 Å². The molecular formula is C18H16N2OS. The molecule has 0 fully saturated rings. The molecule has 1 heterocycles. The predicted molar refractivity (Wildman–Crippen MR) is 90.0 cm³/mol. The molecule has 0 aliphatic rings. The summed E-state index contributed by atoms with van der Waals surface area (Å²) in [6, 6.07) is 21.7. The third kappa shape index (κ3) is 3.65. The standard InChI is InChI=1S/C18H16N2OS/c21-17-11-12-19-18(22-14-16-9-5-2-6-10-16)20(17)13-15-7-3-1-4-8-15/h1-12H,13-14H2. The summed E-state index contributed by atoms with van der Waals surface area (Å²) in [6.45, 7) is 0.546. The third-order valence-electron chi connectivity index (χ3n) is 3.29. The van der Waals surface area contributed by atoms with Crippen LogP contribution in [0.25, 0.3) is 0 Å². The molecule has 0 saturated carbocycles. The summed E-state index contributed by atoms with van der Waals surface area (Å²) < 4.78 is 1.73. The molecular weight excluding hydrogens is 292 g/mol. The van der Waals surface area contributed by atoms with E-state index in [1.54, 1.807) is 22.5 Å².